The number of piperidine rings is 1. The van der Waals surface area contributed by atoms with Crippen molar-refractivity contribution in [1.29, 1.82) is 0 Å². The molecule has 2 unspecified atom stereocenters. The fraction of sp³-hybridized carbons (Fsp3) is 0.438. The number of aromatic nitrogens is 1. The zero-order chi connectivity index (χ0) is 14.1. The first-order chi connectivity index (χ1) is 9.65. The molecule has 0 spiro atoms. The van der Waals surface area contributed by atoms with E-state index in [1.807, 2.05) is 24.4 Å². The van der Waals surface area contributed by atoms with Crippen LogP contribution in [0, 0.1) is 5.92 Å². The van der Waals surface area contributed by atoms with Crippen molar-refractivity contribution in [3.05, 3.63) is 36.0 Å². The Labute approximate surface area is 119 Å². The minimum Gasteiger partial charge on any atom is -0.398 e. The number of nitrogen functional groups attached to an aromatic ring is 1. The summed E-state index contributed by atoms with van der Waals surface area (Å²) in [7, 11) is 0. The summed E-state index contributed by atoms with van der Waals surface area (Å²) in [6, 6.07) is 7.97. The van der Waals surface area contributed by atoms with Crippen LogP contribution in [0.1, 0.15) is 18.9 Å². The number of fused-ring (bicyclic) bond motifs is 1. The fourth-order valence-electron chi connectivity index (χ4n) is 2.98. The van der Waals surface area contributed by atoms with E-state index in [4.69, 9.17) is 5.73 Å². The molecular weight excluding hydrogens is 250 g/mol. The van der Waals surface area contributed by atoms with Crippen molar-refractivity contribution < 1.29 is 5.11 Å². The van der Waals surface area contributed by atoms with Gasteiger partial charge in [-0.05, 0) is 36.1 Å². The van der Waals surface area contributed by atoms with E-state index >= 15 is 0 Å². The quantitative estimate of drug-likeness (QED) is 0.820. The Morgan fingerprint density at radius 2 is 2.25 bits per heavy atom. The maximum absolute atomic E-state index is 9.81. The van der Waals surface area contributed by atoms with Crippen LogP contribution < -0.4 is 5.73 Å². The molecule has 1 aliphatic rings. The molecule has 0 aliphatic carbocycles. The summed E-state index contributed by atoms with van der Waals surface area (Å²) in [5.41, 5.74) is 8.99. The summed E-state index contributed by atoms with van der Waals surface area (Å²) in [5, 5.41) is 10.8. The molecule has 1 saturated heterocycles. The topological polar surface area (TPSA) is 62.4 Å². The molecule has 4 heteroatoms. The summed E-state index contributed by atoms with van der Waals surface area (Å²) in [5.74, 6) is 0.330. The molecule has 1 aliphatic heterocycles. The zero-order valence-electron chi connectivity index (χ0n) is 11.8. The highest BCUT2D eigenvalue weighted by Gasteiger charge is 2.24. The number of benzene rings is 1. The highest BCUT2D eigenvalue weighted by Crippen LogP contribution is 2.25. The van der Waals surface area contributed by atoms with E-state index in [0.717, 1.165) is 42.6 Å². The van der Waals surface area contributed by atoms with Crippen molar-refractivity contribution in [1.82, 2.24) is 9.88 Å². The predicted octanol–water partition coefficient (Wildman–Crippen LogP) is 2.02. The van der Waals surface area contributed by atoms with Gasteiger partial charge in [0.15, 0.2) is 0 Å². The largest absolute Gasteiger partial charge is 0.398 e. The number of hydrogen-bond donors (Lipinski definition) is 2. The summed E-state index contributed by atoms with van der Waals surface area (Å²) in [6.45, 7) is 4.84. The van der Waals surface area contributed by atoms with Gasteiger partial charge in [0.2, 0.25) is 0 Å². The monoisotopic (exact) mass is 271 g/mol. The van der Waals surface area contributed by atoms with E-state index in [2.05, 4.69) is 22.9 Å². The summed E-state index contributed by atoms with van der Waals surface area (Å²) in [6.07, 6.45) is 2.50. The number of likely N-dealkylation sites (tertiary alicyclic amines) is 1. The van der Waals surface area contributed by atoms with Crippen LogP contribution in [0.5, 0.6) is 0 Å². The van der Waals surface area contributed by atoms with Gasteiger partial charge in [-0.2, -0.15) is 0 Å². The fourth-order valence-corrected chi connectivity index (χ4v) is 2.98. The number of rotatable bonds is 2. The van der Waals surface area contributed by atoms with E-state index in [1.165, 1.54) is 5.56 Å². The van der Waals surface area contributed by atoms with Gasteiger partial charge in [0, 0.05) is 36.9 Å². The van der Waals surface area contributed by atoms with Crippen LogP contribution in [-0.2, 0) is 6.54 Å². The molecule has 0 radical (unpaired) electrons. The van der Waals surface area contributed by atoms with Crippen molar-refractivity contribution in [2.24, 2.45) is 5.92 Å². The van der Waals surface area contributed by atoms with Crippen LogP contribution in [0.4, 0.5) is 5.69 Å². The Hall–Kier alpha value is -1.65. The Morgan fingerprint density at radius 1 is 1.40 bits per heavy atom. The Kier molecular flexibility index (Phi) is 3.59. The first-order valence-corrected chi connectivity index (χ1v) is 7.17. The normalized spacial score (nSPS) is 24.1. The third kappa shape index (κ3) is 2.49. The first kappa shape index (κ1) is 13.3. The van der Waals surface area contributed by atoms with E-state index < -0.39 is 0 Å². The number of nitrogens with two attached hydrogens (primary N) is 1. The smallest absolute Gasteiger partial charge is 0.0767 e. The molecule has 20 heavy (non-hydrogen) atoms. The molecule has 0 amide bonds. The van der Waals surface area contributed by atoms with Crippen molar-refractivity contribution in [3.63, 3.8) is 0 Å². The highest BCUT2D eigenvalue weighted by molar-refractivity contribution is 5.92. The molecule has 2 atom stereocenters. The van der Waals surface area contributed by atoms with Crippen molar-refractivity contribution >= 4 is 16.6 Å². The lowest BCUT2D eigenvalue weighted by molar-refractivity contribution is 0.0321. The molecule has 0 bridgehead atoms. The van der Waals surface area contributed by atoms with Gasteiger partial charge in [-0.15, -0.1) is 0 Å². The Morgan fingerprint density at radius 3 is 3.05 bits per heavy atom. The van der Waals surface area contributed by atoms with Crippen molar-refractivity contribution in [2.75, 3.05) is 18.8 Å². The number of hydrogen-bond acceptors (Lipinski definition) is 4. The van der Waals surface area contributed by atoms with Gasteiger partial charge in [-0.1, -0.05) is 13.0 Å². The molecule has 4 nitrogen and oxygen atoms in total. The second-order valence-electron chi connectivity index (χ2n) is 5.78. The number of aliphatic hydroxyl groups excluding tert-OH is 1. The molecule has 2 aromatic rings. The molecule has 1 aromatic carbocycles. The molecule has 0 saturated carbocycles. The summed E-state index contributed by atoms with van der Waals surface area (Å²) < 4.78 is 0. The SMILES string of the molecule is CC1CN(Cc2ccc(N)c3cccnc23)CCC1O. The molecule has 1 fully saturated rings. The first-order valence-electron chi connectivity index (χ1n) is 7.17. The second-order valence-corrected chi connectivity index (χ2v) is 5.78. The molecular formula is C16H21N3O. The lowest BCUT2D eigenvalue weighted by Crippen LogP contribution is -2.41. The minimum absolute atomic E-state index is 0.160. The summed E-state index contributed by atoms with van der Waals surface area (Å²) >= 11 is 0. The van der Waals surface area contributed by atoms with Crippen LogP contribution in [0.15, 0.2) is 30.5 Å². The number of nitrogens with zero attached hydrogens (tertiary/aromatic N) is 2. The molecule has 2 heterocycles. The van der Waals surface area contributed by atoms with Crippen LogP contribution in [0.2, 0.25) is 0 Å². The van der Waals surface area contributed by atoms with E-state index in [0.29, 0.717) is 5.92 Å². The van der Waals surface area contributed by atoms with Crippen LogP contribution in [-0.4, -0.2) is 34.2 Å². The van der Waals surface area contributed by atoms with E-state index in [1.54, 1.807) is 0 Å². The molecule has 3 rings (SSSR count). The predicted molar refractivity (Wildman–Crippen MR) is 81.2 cm³/mol. The average molecular weight is 271 g/mol. The van der Waals surface area contributed by atoms with E-state index in [-0.39, 0.29) is 6.10 Å². The number of pyridine rings is 1. The Balaban J connectivity index is 1.86. The van der Waals surface area contributed by atoms with Crippen LogP contribution in [0.3, 0.4) is 0 Å². The van der Waals surface area contributed by atoms with Crippen molar-refractivity contribution in [2.45, 2.75) is 26.0 Å². The zero-order valence-corrected chi connectivity index (χ0v) is 11.8. The number of anilines is 1. The van der Waals surface area contributed by atoms with Gasteiger partial charge in [0.1, 0.15) is 0 Å². The lowest BCUT2D eigenvalue weighted by Gasteiger charge is -2.34. The average Bonchev–Trinajstić information content (AvgIpc) is 2.46. The van der Waals surface area contributed by atoms with Crippen molar-refractivity contribution in [3.8, 4) is 0 Å². The molecule has 1 aromatic heterocycles. The van der Waals surface area contributed by atoms with Gasteiger partial charge in [-0.25, -0.2) is 0 Å². The number of aliphatic hydroxyl groups is 1. The van der Waals surface area contributed by atoms with E-state index in [9.17, 15) is 5.11 Å². The van der Waals surface area contributed by atoms with Gasteiger partial charge < -0.3 is 10.8 Å². The second kappa shape index (κ2) is 5.38. The summed E-state index contributed by atoms with van der Waals surface area (Å²) in [4.78, 5) is 6.87. The minimum atomic E-state index is -0.160. The maximum atomic E-state index is 9.81. The molecule has 106 valence electrons. The lowest BCUT2D eigenvalue weighted by atomic mass is 9.96. The standard InChI is InChI=1S/C16H21N3O/c1-11-9-19(8-6-15(11)20)10-12-4-5-14(17)13-3-2-7-18-16(12)13/h2-5,7,11,15,20H,6,8-10,17H2,1H3. The van der Waals surface area contributed by atoms with Crippen LogP contribution in [0.25, 0.3) is 10.9 Å². The van der Waals surface area contributed by atoms with Gasteiger partial charge in [0.05, 0.1) is 11.6 Å². The van der Waals surface area contributed by atoms with Gasteiger partial charge in [-0.3, -0.25) is 9.88 Å². The van der Waals surface area contributed by atoms with Gasteiger partial charge in [0.25, 0.3) is 0 Å². The third-order valence-corrected chi connectivity index (χ3v) is 4.23. The third-order valence-electron chi connectivity index (χ3n) is 4.23. The van der Waals surface area contributed by atoms with Gasteiger partial charge >= 0.3 is 0 Å². The maximum Gasteiger partial charge on any atom is 0.0767 e. The Bertz CT molecular complexity index is 614. The van der Waals surface area contributed by atoms with Crippen LogP contribution >= 0.6 is 0 Å². The molecule has 3 N–H and O–H groups in total. The highest BCUT2D eigenvalue weighted by atomic mass is 16.3.